The second kappa shape index (κ2) is 6.52. The van der Waals surface area contributed by atoms with Crippen molar-refractivity contribution >= 4 is 5.91 Å². The topological polar surface area (TPSA) is 50.4 Å². The largest absolute Gasteiger partial charge is 0.316 e. The first kappa shape index (κ1) is 13.1. The smallest absolute Gasteiger partial charge is 0.274 e. The van der Waals surface area contributed by atoms with E-state index in [2.05, 4.69) is 10.8 Å². The SMILES string of the molecule is Cc1ccc(C(=O)NOCC2CCCNC2)cc1. The minimum atomic E-state index is -0.182. The molecule has 2 N–H and O–H groups in total. The lowest BCUT2D eigenvalue weighted by atomic mass is 10.0. The molecule has 1 saturated heterocycles. The van der Waals surface area contributed by atoms with E-state index in [4.69, 9.17) is 4.84 Å². The monoisotopic (exact) mass is 248 g/mol. The predicted molar refractivity (Wildman–Crippen MR) is 70.2 cm³/mol. The van der Waals surface area contributed by atoms with Gasteiger partial charge in [-0.3, -0.25) is 9.63 Å². The molecule has 1 fully saturated rings. The molecule has 98 valence electrons. The molecular weight excluding hydrogens is 228 g/mol. The van der Waals surface area contributed by atoms with Crippen LogP contribution < -0.4 is 10.8 Å². The summed E-state index contributed by atoms with van der Waals surface area (Å²) in [5.41, 5.74) is 4.27. The molecule has 1 aromatic rings. The van der Waals surface area contributed by atoms with E-state index in [0.717, 1.165) is 25.1 Å². The summed E-state index contributed by atoms with van der Waals surface area (Å²) in [6.45, 7) is 4.63. The van der Waals surface area contributed by atoms with Gasteiger partial charge in [0.15, 0.2) is 0 Å². The summed E-state index contributed by atoms with van der Waals surface area (Å²) in [7, 11) is 0. The molecule has 0 spiro atoms. The van der Waals surface area contributed by atoms with Crippen molar-refractivity contribution in [3.8, 4) is 0 Å². The molecule has 1 heterocycles. The van der Waals surface area contributed by atoms with E-state index >= 15 is 0 Å². The van der Waals surface area contributed by atoms with Gasteiger partial charge >= 0.3 is 0 Å². The first-order valence-corrected chi connectivity index (χ1v) is 6.45. The van der Waals surface area contributed by atoms with Gasteiger partial charge in [0.25, 0.3) is 5.91 Å². The number of rotatable bonds is 4. The number of hydrogen-bond acceptors (Lipinski definition) is 3. The highest BCUT2D eigenvalue weighted by molar-refractivity contribution is 5.93. The van der Waals surface area contributed by atoms with E-state index in [0.29, 0.717) is 18.1 Å². The third-order valence-corrected chi connectivity index (χ3v) is 3.20. The van der Waals surface area contributed by atoms with E-state index in [1.165, 1.54) is 6.42 Å². The van der Waals surface area contributed by atoms with Crippen molar-refractivity contribution in [2.24, 2.45) is 5.92 Å². The Bertz CT molecular complexity index is 383. The van der Waals surface area contributed by atoms with Crippen LogP contribution in [0, 0.1) is 12.8 Å². The Hall–Kier alpha value is -1.39. The third kappa shape index (κ3) is 3.82. The van der Waals surface area contributed by atoms with Crippen molar-refractivity contribution in [2.75, 3.05) is 19.7 Å². The number of carbonyl (C=O) groups is 1. The molecule has 1 atom stereocenters. The van der Waals surface area contributed by atoms with Crippen LogP contribution in [-0.4, -0.2) is 25.6 Å². The van der Waals surface area contributed by atoms with Gasteiger partial charge in [-0.15, -0.1) is 0 Å². The molecule has 1 unspecified atom stereocenters. The van der Waals surface area contributed by atoms with Crippen molar-refractivity contribution in [3.05, 3.63) is 35.4 Å². The number of hydroxylamine groups is 1. The van der Waals surface area contributed by atoms with E-state index in [9.17, 15) is 4.79 Å². The lowest BCUT2D eigenvalue weighted by Crippen LogP contribution is -2.35. The van der Waals surface area contributed by atoms with Crippen LogP contribution in [-0.2, 0) is 4.84 Å². The number of aryl methyl sites for hydroxylation is 1. The Morgan fingerprint density at radius 1 is 1.44 bits per heavy atom. The normalized spacial score (nSPS) is 19.5. The molecule has 1 aliphatic rings. The van der Waals surface area contributed by atoms with Crippen LogP contribution >= 0.6 is 0 Å². The summed E-state index contributed by atoms with van der Waals surface area (Å²) in [5, 5.41) is 3.32. The van der Waals surface area contributed by atoms with Crippen LogP contribution in [0.1, 0.15) is 28.8 Å². The zero-order valence-electron chi connectivity index (χ0n) is 10.7. The first-order chi connectivity index (χ1) is 8.75. The number of hydrogen-bond donors (Lipinski definition) is 2. The maximum Gasteiger partial charge on any atom is 0.274 e. The van der Waals surface area contributed by atoms with Crippen molar-refractivity contribution in [1.29, 1.82) is 0 Å². The zero-order valence-corrected chi connectivity index (χ0v) is 10.7. The molecule has 0 aromatic heterocycles. The van der Waals surface area contributed by atoms with Crippen molar-refractivity contribution < 1.29 is 9.63 Å². The second-order valence-electron chi connectivity index (χ2n) is 4.82. The number of nitrogens with one attached hydrogen (secondary N) is 2. The van der Waals surface area contributed by atoms with Gasteiger partial charge in [0, 0.05) is 12.1 Å². The molecule has 1 aromatic carbocycles. The van der Waals surface area contributed by atoms with Crippen molar-refractivity contribution in [3.63, 3.8) is 0 Å². The molecule has 2 rings (SSSR count). The van der Waals surface area contributed by atoms with Gasteiger partial charge in [0.05, 0.1) is 6.61 Å². The molecule has 4 heteroatoms. The number of amides is 1. The fraction of sp³-hybridized carbons (Fsp3) is 0.500. The summed E-state index contributed by atoms with van der Waals surface area (Å²) < 4.78 is 0. The van der Waals surface area contributed by atoms with Crippen LogP contribution in [0.4, 0.5) is 0 Å². The molecule has 4 nitrogen and oxygen atoms in total. The second-order valence-corrected chi connectivity index (χ2v) is 4.82. The zero-order chi connectivity index (χ0) is 12.8. The minimum absolute atomic E-state index is 0.182. The van der Waals surface area contributed by atoms with Crippen LogP contribution in [0.15, 0.2) is 24.3 Å². The van der Waals surface area contributed by atoms with Gasteiger partial charge in [-0.25, -0.2) is 5.48 Å². The number of carbonyl (C=O) groups excluding carboxylic acids is 1. The van der Waals surface area contributed by atoms with Crippen molar-refractivity contribution in [1.82, 2.24) is 10.8 Å². The Kier molecular flexibility index (Phi) is 4.73. The predicted octanol–water partition coefficient (Wildman–Crippen LogP) is 1.66. The average Bonchev–Trinajstić information content (AvgIpc) is 2.40. The van der Waals surface area contributed by atoms with E-state index in [-0.39, 0.29) is 5.91 Å². The molecular formula is C14H20N2O2. The summed E-state index contributed by atoms with van der Waals surface area (Å²) in [6, 6.07) is 7.44. The van der Waals surface area contributed by atoms with E-state index < -0.39 is 0 Å². The molecule has 1 amide bonds. The van der Waals surface area contributed by atoms with Gasteiger partial charge in [0.1, 0.15) is 0 Å². The van der Waals surface area contributed by atoms with Crippen LogP contribution in [0.2, 0.25) is 0 Å². The van der Waals surface area contributed by atoms with Gasteiger partial charge in [-0.2, -0.15) is 0 Å². The average molecular weight is 248 g/mol. The number of benzene rings is 1. The van der Waals surface area contributed by atoms with Crippen LogP contribution in [0.25, 0.3) is 0 Å². The Labute approximate surface area is 108 Å². The highest BCUT2D eigenvalue weighted by Gasteiger charge is 2.13. The summed E-state index contributed by atoms with van der Waals surface area (Å²) in [6.07, 6.45) is 2.34. The summed E-state index contributed by atoms with van der Waals surface area (Å²) >= 11 is 0. The highest BCUT2D eigenvalue weighted by atomic mass is 16.6. The fourth-order valence-corrected chi connectivity index (χ4v) is 2.06. The Morgan fingerprint density at radius 3 is 2.89 bits per heavy atom. The van der Waals surface area contributed by atoms with Crippen molar-refractivity contribution in [2.45, 2.75) is 19.8 Å². The summed E-state index contributed by atoms with van der Waals surface area (Å²) in [5.74, 6) is 0.316. The van der Waals surface area contributed by atoms with Crippen LogP contribution in [0.3, 0.4) is 0 Å². The standard InChI is InChI=1S/C14H20N2O2/c1-11-4-6-13(7-5-11)14(17)16-18-10-12-3-2-8-15-9-12/h4-7,12,15H,2-3,8-10H2,1H3,(H,16,17). The lowest BCUT2D eigenvalue weighted by molar-refractivity contribution is 0.0128. The first-order valence-electron chi connectivity index (χ1n) is 6.45. The maximum absolute atomic E-state index is 11.7. The van der Waals surface area contributed by atoms with Gasteiger partial charge < -0.3 is 5.32 Å². The Balaban J connectivity index is 1.72. The molecule has 18 heavy (non-hydrogen) atoms. The van der Waals surface area contributed by atoms with Gasteiger partial charge in [0.2, 0.25) is 0 Å². The summed E-state index contributed by atoms with van der Waals surface area (Å²) in [4.78, 5) is 17.0. The van der Waals surface area contributed by atoms with Gasteiger partial charge in [-0.05, 0) is 44.4 Å². The molecule has 0 radical (unpaired) electrons. The van der Waals surface area contributed by atoms with E-state index in [1.54, 1.807) is 12.1 Å². The van der Waals surface area contributed by atoms with Gasteiger partial charge in [-0.1, -0.05) is 17.7 Å². The highest BCUT2D eigenvalue weighted by Crippen LogP contribution is 2.09. The van der Waals surface area contributed by atoms with E-state index in [1.807, 2.05) is 19.1 Å². The van der Waals surface area contributed by atoms with Crippen LogP contribution in [0.5, 0.6) is 0 Å². The molecule has 0 saturated carbocycles. The fourth-order valence-electron chi connectivity index (χ4n) is 2.06. The maximum atomic E-state index is 11.7. The lowest BCUT2D eigenvalue weighted by Gasteiger charge is -2.22. The molecule has 0 bridgehead atoms. The quantitative estimate of drug-likeness (QED) is 0.797. The third-order valence-electron chi connectivity index (χ3n) is 3.20. The number of piperidine rings is 1. The molecule has 0 aliphatic carbocycles. The Morgan fingerprint density at radius 2 is 2.22 bits per heavy atom. The minimum Gasteiger partial charge on any atom is -0.316 e. The molecule has 1 aliphatic heterocycles.